The number of nitrogen functional groups attached to an aromatic ring is 1. The second-order valence-electron chi connectivity index (χ2n) is 7.57. The van der Waals surface area contributed by atoms with E-state index in [0.717, 1.165) is 63.6 Å². The Morgan fingerprint density at radius 2 is 1.92 bits per heavy atom. The highest BCUT2D eigenvalue weighted by Gasteiger charge is 2.37. The summed E-state index contributed by atoms with van der Waals surface area (Å²) in [6.45, 7) is 9.43. The van der Waals surface area contributed by atoms with E-state index in [0.29, 0.717) is 12.1 Å². The first kappa shape index (κ1) is 16.5. The van der Waals surface area contributed by atoms with Crippen LogP contribution in [0.3, 0.4) is 0 Å². The molecular weight excluding hydrogens is 316 g/mol. The van der Waals surface area contributed by atoms with E-state index in [2.05, 4.69) is 16.7 Å². The van der Waals surface area contributed by atoms with E-state index in [9.17, 15) is 4.79 Å². The van der Waals surface area contributed by atoms with Gasteiger partial charge in [0, 0.05) is 57.4 Å². The van der Waals surface area contributed by atoms with Crippen molar-refractivity contribution < 1.29 is 9.53 Å². The van der Waals surface area contributed by atoms with Crippen LogP contribution in [0.2, 0.25) is 0 Å². The van der Waals surface area contributed by atoms with Gasteiger partial charge in [-0.2, -0.15) is 0 Å². The number of nitrogens with two attached hydrogens (primary N) is 1. The average Bonchev–Trinajstić information content (AvgIpc) is 2.60. The fourth-order valence-corrected chi connectivity index (χ4v) is 4.63. The van der Waals surface area contributed by atoms with E-state index in [4.69, 9.17) is 10.5 Å². The molecule has 1 amide bonds. The third-order valence-electron chi connectivity index (χ3n) is 5.95. The summed E-state index contributed by atoms with van der Waals surface area (Å²) >= 11 is 0. The highest BCUT2D eigenvalue weighted by Crippen LogP contribution is 2.40. The molecule has 0 radical (unpaired) electrons. The standard InChI is InChI=1S/C19H28N4O2/c1-13-9-15(20)10-18-19(13)23-8-7-22(11-17(23)12-25-18)16-3-5-21(6-4-16)14(2)24/h9-10,16-17H,3-8,11-12,20H2,1-2H3/t17-/m1/s1. The molecule has 0 saturated carbocycles. The van der Waals surface area contributed by atoms with Gasteiger partial charge in [0.15, 0.2) is 0 Å². The molecule has 4 rings (SSSR count). The highest BCUT2D eigenvalue weighted by atomic mass is 16.5. The zero-order chi connectivity index (χ0) is 17.6. The SMILES string of the molecule is CC(=O)N1CCC(N2CCN3c4c(C)cc(N)cc4OC[C@H]3C2)CC1. The quantitative estimate of drug-likeness (QED) is 0.782. The minimum absolute atomic E-state index is 0.204. The van der Waals surface area contributed by atoms with Crippen molar-refractivity contribution in [1.29, 1.82) is 0 Å². The Morgan fingerprint density at radius 3 is 2.64 bits per heavy atom. The van der Waals surface area contributed by atoms with Crippen molar-refractivity contribution in [3.63, 3.8) is 0 Å². The monoisotopic (exact) mass is 344 g/mol. The van der Waals surface area contributed by atoms with Gasteiger partial charge in [0.05, 0.1) is 11.7 Å². The highest BCUT2D eigenvalue weighted by molar-refractivity contribution is 5.73. The molecule has 0 spiro atoms. The predicted molar refractivity (Wildman–Crippen MR) is 99.1 cm³/mol. The van der Waals surface area contributed by atoms with E-state index >= 15 is 0 Å². The van der Waals surface area contributed by atoms with Crippen molar-refractivity contribution in [3.8, 4) is 5.75 Å². The summed E-state index contributed by atoms with van der Waals surface area (Å²) in [6, 6.07) is 4.97. The number of hydrogen-bond acceptors (Lipinski definition) is 5. The summed E-state index contributed by atoms with van der Waals surface area (Å²) in [6.07, 6.45) is 2.17. The van der Waals surface area contributed by atoms with Crippen molar-refractivity contribution in [1.82, 2.24) is 9.80 Å². The number of piperazine rings is 1. The van der Waals surface area contributed by atoms with E-state index < -0.39 is 0 Å². The Kier molecular flexibility index (Phi) is 4.23. The minimum atomic E-state index is 0.204. The number of nitrogens with zero attached hydrogens (tertiary/aromatic N) is 3. The number of rotatable bonds is 1. The average molecular weight is 344 g/mol. The molecule has 0 bridgehead atoms. The molecule has 1 aromatic rings. The largest absolute Gasteiger partial charge is 0.489 e. The molecule has 3 heterocycles. The molecule has 3 aliphatic rings. The number of piperidine rings is 1. The zero-order valence-electron chi connectivity index (χ0n) is 15.2. The maximum atomic E-state index is 11.5. The molecule has 3 aliphatic heterocycles. The number of benzene rings is 1. The number of fused-ring (bicyclic) bond motifs is 3. The van der Waals surface area contributed by atoms with Crippen LogP contribution in [0, 0.1) is 6.92 Å². The molecule has 1 aromatic carbocycles. The van der Waals surface area contributed by atoms with Gasteiger partial charge in [-0.3, -0.25) is 9.69 Å². The molecule has 136 valence electrons. The van der Waals surface area contributed by atoms with Crippen LogP contribution >= 0.6 is 0 Å². The summed E-state index contributed by atoms with van der Waals surface area (Å²) in [4.78, 5) is 18.6. The fourth-order valence-electron chi connectivity index (χ4n) is 4.63. The van der Waals surface area contributed by atoms with Crippen LogP contribution in [0.5, 0.6) is 5.75 Å². The summed E-state index contributed by atoms with van der Waals surface area (Å²) in [5.74, 6) is 1.13. The maximum Gasteiger partial charge on any atom is 0.219 e. The van der Waals surface area contributed by atoms with E-state index in [1.165, 1.54) is 11.3 Å². The first-order valence-corrected chi connectivity index (χ1v) is 9.32. The van der Waals surface area contributed by atoms with Gasteiger partial charge in [0.25, 0.3) is 0 Å². The van der Waals surface area contributed by atoms with Crippen molar-refractivity contribution in [2.75, 3.05) is 50.0 Å². The number of carbonyl (C=O) groups excluding carboxylic acids is 1. The smallest absolute Gasteiger partial charge is 0.219 e. The fraction of sp³-hybridized carbons (Fsp3) is 0.632. The zero-order valence-corrected chi connectivity index (χ0v) is 15.2. The van der Waals surface area contributed by atoms with Gasteiger partial charge in [0.2, 0.25) is 5.91 Å². The third-order valence-corrected chi connectivity index (χ3v) is 5.95. The van der Waals surface area contributed by atoms with Crippen LogP contribution in [-0.4, -0.2) is 67.1 Å². The number of amides is 1. The number of carbonyl (C=O) groups is 1. The Bertz CT molecular complexity index is 670. The van der Waals surface area contributed by atoms with Crippen LogP contribution in [-0.2, 0) is 4.79 Å². The molecule has 2 fully saturated rings. The molecule has 25 heavy (non-hydrogen) atoms. The van der Waals surface area contributed by atoms with Gasteiger partial charge in [-0.1, -0.05) is 0 Å². The molecule has 0 aliphatic carbocycles. The van der Waals surface area contributed by atoms with Gasteiger partial charge >= 0.3 is 0 Å². The lowest BCUT2D eigenvalue weighted by molar-refractivity contribution is -0.130. The van der Waals surface area contributed by atoms with Gasteiger partial charge in [0.1, 0.15) is 12.4 Å². The summed E-state index contributed by atoms with van der Waals surface area (Å²) < 4.78 is 6.04. The van der Waals surface area contributed by atoms with Crippen molar-refractivity contribution in [2.45, 2.75) is 38.8 Å². The van der Waals surface area contributed by atoms with Crippen molar-refractivity contribution in [3.05, 3.63) is 17.7 Å². The number of likely N-dealkylation sites (tertiary alicyclic amines) is 1. The second kappa shape index (κ2) is 6.41. The lowest BCUT2D eigenvalue weighted by atomic mass is 9.99. The number of aryl methyl sites for hydroxylation is 1. The van der Waals surface area contributed by atoms with Crippen LogP contribution < -0.4 is 15.4 Å². The van der Waals surface area contributed by atoms with Crippen LogP contribution in [0.25, 0.3) is 0 Å². The van der Waals surface area contributed by atoms with E-state index in [1.54, 1.807) is 6.92 Å². The van der Waals surface area contributed by atoms with Gasteiger partial charge in [-0.25, -0.2) is 0 Å². The van der Waals surface area contributed by atoms with Gasteiger partial charge < -0.3 is 20.3 Å². The summed E-state index contributed by atoms with van der Waals surface area (Å²) in [5.41, 5.74) is 9.15. The first-order valence-electron chi connectivity index (χ1n) is 9.32. The van der Waals surface area contributed by atoms with Crippen LogP contribution in [0.1, 0.15) is 25.3 Å². The summed E-state index contributed by atoms with van der Waals surface area (Å²) in [7, 11) is 0. The Hall–Kier alpha value is -1.95. The lowest BCUT2D eigenvalue weighted by Gasteiger charge is -2.49. The molecule has 2 saturated heterocycles. The maximum absolute atomic E-state index is 11.5. The van der Waals surface area contributed by atoms with Gasteiger partial charge in [-0.05, 0) is 31.4 Å². The number of hydrogen-bond donors (Lipinski definition) is 1. The Morgan fingerprint density at radius 1 is 1.16 bits per heavy atom. The van der Waals surface area contributed by atoms with Crippen LogP contribution in [0.4, 0.5) is 11.4 Å². The van der Waals surface area contributed by atoms with E-state index in [1.807, 2.05) is 17.0 Å². The normalized spacial score (nSPS) is 24.5. The molecule has 6 nitrogen and oxygen atoms in total. The predicted octanol–water partition coefficient (Wildman–Crippen LogP) is 1.47. The van der Waals surface area contributed by atoms with Crippen molar-refractivity contribution >= 4 is 17.3 Å². The minimum Gasteiger partial charge on any atom is -0.489 e. The Balaban J connectivity index is 1.44. The number of ether oxygens (including phenoxy) is 1. The topological polar surface area (TPSA) is 62.0 Å². The molecule has 0 unspecified atom stereocenters. The first-order chi connectivity index (χ1) is 12.0. The van der Waals surface area contributed by atoms with Gasteiger partial charge in [-0.15, -0.1) is 0 Å². The summed E-state index contributed by atoms with van der Waals surface area (Å²) in [5, 5.41) is 0. The molecule has 2 N–H and O–H groups in total. The molecule has 6 heteroatoms. The Labute approximate surface area is 149 Å². The third kappa shape index (κ3) is 3.03. The van der Waals surface area contributed by atoms with Crippen molar-refractivity contribution in [2.24, 2.45) is 0 Å². The lowest BCUT2D eigenvalue weighted by Crippen LogP contribution is -2.60. The number of anilines is 2. The molecule has 1 atom stereocenters. The molecule has 0 aromatic heterocycles. The van der Waals surface area contributed by atoms with E-state index in [-0.39, 0.29) is 5.91 Å². The second-order valence-corrected chi connectivity index (χ2v) is 7.57. The molecular formula is C19H28N4O2. The van der Waals surface area contributed by atoms with Crippen LogP contribution in [0.15, 0.2) is 12.1 Å².